The molecule has 6 nitrogen and oxygen atoms in total. The van der Waals surface area contributed by atoms with Crippen LogP contribution >= 0.6 is 11.8 Å². The third-order valence-electron chi connectivity index (χ3n) is 5.27. The number of anilines is 1. The summed E-state index contributed by atoms with van der Waals surface area (Å²) >= 11 is 1.57. The van der Waals surface area contributed by atoms with Crippen molar-refractivity contribution >= 4 is 23.5 Å². The summed E-state index contributed by atoms with van der Waals surface area (Å²) in [5.41, 5.74) is 3.83. The molecule has 7 heteroatoms. The van der Waals surface area contributed by atoms with E-state index in [0.29, 0.717) is 17.5 Å². The normalized spacial score (nSPS) is 18.2. The van der Waals surface area contributed by atoms with E-state index in [4.69, 9.17) is 5.10 Å². The van der Waals surface area contributed by atoms with Crippen LogP contribution in [0, 0.1) is 0 Å². The molecule has 0 amide bonds. The van der Waals surface area contributed by atoms with Gasteiger partial charge in [-0.15, -0.1) is 5.10 Å². The van der Waals surface area contributed by atoms with Crippen molar-refractivity contribution in [1.82, 2.24) is 14.8 Å². The number of benzene rings is 2. The molecule has 0 fully saturated rings. The van der Waals surface area contributed by atoms with Crippen molar-refractivity contribution in [2.75, 3.05) is 5.32 Å². The second-order valence-corrected chi connectivity index (χ2v) is 8.17. The smallest absolute Gasteiger partial charge is 0.227 e. The van der Waals surface area contributed by atoms with Crippen molar-refractivity contribution in [3.63, 3.8) is 0 Å². The van der Waals surface area contributed by atoms with Crippen molar-refractivity contribution in [2.24, 2.45) is 0 Å². The molecule has 2 aliphatic rings. The number of phenols is 1. The van der Waals surface area contributed by atoms with Gasteiger partial charge in [0.25, 0.3) is 0 Å². The molecule has 2 heterocycles. The van der Waals surface area contributed by atoms with E-state index >= 15 is 0 Å². The first-order valence-electron chi connectivity index (χ1n) is 9.64. The van der Waals surface area contributed by atoms with Crippen molar-refractivity contribution < 1.29 is 9.90 Å². The molecule has 29 heavy (non-hydrogen) atoms. The number of nitrogens with zero attached hydrogens (tertiary/aromatic N) is 3. The van der Waals surface area contributed by atoms with E-state index in [1.807, 2.05) is 35.0 Å². The minimum absolute atomic E-state index is 0.150. The Bertz CT molecular complexity index is 1090. The maximum Gasteiger partial charge on any atom is 0.227 e. The maximum atomic E-state index is 12.8. The maximum absolute atomic E-state index is 12.8. The van der Waals surface area contributed by atoms with Crippen LogP contribution in [0.3, 0.4) is 0 Å². The van der Waals surface area contributed by atoms with Gasteiger partial charge in [0.2, 0.25) is 11.1 Å². The summed E-state index contributed by atoms with van der Waals surface area (Å²) in [6.45, 7) is 0. The van der Waals surface area contributed by atoms with E-state index in [1.165, 1.54) is 5.56 Å². The molecular weight excluding hydrogens is 384 g/mol. The third-order valence-corrected chi connectivity index (χ3v) is 6.18. The van der Waals surface area contributed by atoms with Crippen LogP contribution in [0.25, 0.3) is 0 Å². The zero-order chi connectivity index (χ0) is 19.8. The lowest BCUT2D eigenvalue weighted by molar-refractivity contribution is -0.116. The van der Waals surface area contributed by atoms with Gasteiger partial charge >= 0.3 is 0 Å². The van der Waals surface area contributed by atoms with Gasteiger partial charge in [0.05, 0.1) is 0 Å². The topological polar surface area (TPSA) is 80.0 Å². The summed E-state index contributed by atoms with van der Waals surface area (Å²) in [7, 11) is 0. The van der Waals surface area contributed by atoms with Crippen LogP contribution in [-0.2, 0) is 10.5 Å². The minimum atomic E-state index is -0.326. The fourth-order valence-electron chi connectivity index (χ4n) is 3.88. The van der Waals surface area contributed by atoms with Gasteiger partial charge in [-0.25, -0.2) is 4.68 Å². The Kier molecular flexibility index (Phi) is 4.60. The number of nitrogens with one attached hydrogen (secondary N) is 1. The molecule has 1 aliphatic carbocycles. The summed E-state index contributed by atoms with van der Waals surface area (Å²) in [4.78, 5) is 17.5. The molecule has 3 aromatic rings. The van der Waals surface area contributed by atoms with Gasteiger partial charge < -0.3 is 10.4 Å². The molecule has 0 bridgehead atoms. The van der Waals surface area contributed by atoms with Crippen LogP contribution < -0.4 is 5.32 Å². The summed E-state index contributed by atoms with van der Waals surface area (Å²) in [6.07, 6.45) is 2.22. The predicted molar refractivity (Wildman–Crippen MR) is 112 cm³/mol. The van der Waals surface area contributed by atoms with Crippen LogP contribution in [0.5, 0.6) is 5.75 Å². The van der Waals surface area contributed by atoms with E-state index in [-0.39, 0.29) is 17.6 Å². The second-order valence-electron chi connectivity index (χ2n) is 7.22. The first-order valence-corrected chi connectivity index (χ1v) is 10.6. The van der Waals surface area contributed by atoms with E-state index < -0.39 is 0 Å². The van der Waals surface area contributed by atoms with Gasteiger partial charge in [-0.3, -0.25) is 4.79 Å². The average Bonchev–Trinajstić information content (AvgIpc) is 3.15. The van der Waals surface area contributed by atoms with Crippen LogP contribution in [0.4, 0.5) is 5.95 Å². The van der Waals surface area contributed by atoms with Crippen LogP contribution in [0.2, 0.25) is 0 Å². The zero-order valence-electron chi connectivity index (χ0n) is 15.7. The molecule has 0 saturated heterocycles. The number of ketones is 1. The number of aromatic hydroxyl groups is 1. The fraction of sp³-hybridized carbons (Fsp3) is 0.227. The van der Waals surface area contributed by atoms with Gasteiger partial charge in [0, 0.05) is 23.4 Å². The van der Waals surface area contributed by atoms with Crippen LogP contribution in [0.15, 0.2) is 71.0 Å². The van der Waals surface area contributed by atoms with Crippen molar-refractivity contribution in [2.45, 2.75) is 36.2 Å². The number of hydrogen-bond acceptors (Lipinski definition) is 6. The van der Waals surface area contributed by atoms with E-state index in [9.17, 15) is 9.90 Å². The quantitative estimate of drug-likeness (QED) is 0.631. The van der Waals surface area contributed by atoms with Crippen LogP contribution in [0.1, 0.15) is 36.4 Å². The molecule has 0 saturated carbocycles. The number of fused-ring (bicyclic) bond motifs is 1. The molecule has 0 radical (unpaired) electrons. The Morgan fingerprint density at radius 1 is 1.10 bits per heavy atom. The zero-order valence-corrected chi connectivity index (χ0v) is 16.5. The summed E-state index contributed by atoms with van der Waals surface area (Å²) in [6, 6.07) is 16.9. The number of Topliss-reactive ketones (excluding diaryl/α,β-unsaturated/α-hetero) is 1. The first-order chi connectivity index (χ1) is 14.2. The Balaban J connectivity index is 1.52. The average molecular weight is 404 g/mol. The van der Waals surface area contributed by atoms with Crippen molar-refractivity contribution in [3.8, 4) is 5.75 Å². The van der Waals surface area contributed by atoms with E-state index in [1.54, 1.807) is 23.9 Å². The van der Waals surface area contributed by atoms with E-state index in [0.717, 1.165) is 35.4 Å². The molecule has 1 aromatic heterocycles. The molecule has 1 aliphatic heterocycles. The number of aromatic nitrogens is 3. The van der Waals surface area contributed by atoms with Gasteiger partial charge in [0.1, 0.15) is 11.8 Å². The van der Waals surface area contributed by atoms with Gasteiger partial charge in [-0.05, 0) is 36.1 Å². The lowest BCUT2D eigenvalue weighted by atomic mass is 9.85. The van der Waals surface area contributed by atoms with Crippen LogP contribution in [-0.4, -0.2) is 25.7 Å². The highest BCUT2D eigenvalue weighted by molar-refractivity contribution is 7.98. The predicted octanol–water partition coefficient (Wildman–Crippen LogP) is 4.30. The molecular formula is C22H20N4O2S. The number of hydrogen-bond donors (Lipinski definition) is 2. The summed E-state index contributed by atoms with van der Waals surface area (Å²) < 4.78 is 1.81. The number of rotatable bonds is 4. The standard InChI is InChI=1S/C22H20N4O2S/c27-16-11-9-15(10-12-16)20-19-17(7-4-8-18(19)28)23-21-24-22(25-26(20)21)29-13-14-5-2-1-3-6-14/h1-3,5-6,9-12,20,27H,4,7-8,13H2,(H,23,24,25). The largest absolute Gasteiger partial charge is 0.508 e. The Morgan fingerprint density at radius 3 is 2.69 bits per heavy atom. The summed E-state index contributed by atoms with van der Waals surface area (Å²) in [5, 5.41) is 18.4. The Morgan fingerprint density at radius 2 is 1.90 bits per heavy atom. The van der Waals surface area contributed by atoms with Gasteiger partial charge in [-0.1, -0.05) is 54.2 Å². The molecule has 1 atom stereocenters. The number of allylic oxidation sites excluding steroid dienone is 2. The van der Waals surface area contributed by atoms with Crippen molar-refractivity contribution in [1.29, 1.82) is 0 Å². The highest BCUT2D eigenvalue weighted by atomic mass is 32.2. The second kappa shape index (κ2) is 7.40. The lowest BCUT2D eigenvalue weighted by Gasteiger charge is -2.32. The highest BCUT2D eigenvalue weighted by Crippen LogP contribution is 2.40. The Labute approximate surface area is 172 Å². The molecule has 2 aromatic carbocycles. The fourth-order valence-corrected chi connectivity index (χ4v) is 4.67. The molecule has 5 rings (SSSR count). The molecule has 1 unspecified atom stereocenters. The molecule has 0 spiro atoms. The number of carbonyl (C=O) groups excluding carboxylic acids is 1. The Hall–Kier alpha value is -3.06. The molecule has 146 valence electrons. The summed E-state index contributed by atoms with van der Waals surface area (Å²) in [5.74, 6) is 1.79. The van der Waals surface area contributed by atoms with Gasteiger partial charge in [-0.2, -0.15) is 4.98 Å². The lowest BCUT2D eigenvalue weighted by Crippen LogP contribution is -2.31. The minimum Gasteiger partial charge on any atom is -0.508 e. The molecule has 2 N–H and O–H groups in total. The number of carbonyl (C=O) groups is 1. The third kappa shape index (κ3) is 3.42. The highest BCUT2D eigenvalue weighted by Gasteiger charge is 2.36. The van der Waals surface area contributed by atoms with Gasteiger partial charge in [0.15, 0.2) is 5.78 Å². The first kappa shape index (κ1) is 18.0. The monoisotopic (exact) mass is 404 g/mol. The van der Waals surface area contributed by atoms with Crippen molar-refractivity contribution in [3.05, 3.63) is 77.0 Å². The number of thioether (sulfide) groups is 1. The number of phenolic OH excluding ortho intramolecular Hbond substituents is 1. The SMILES string of the molecule is O=C1CCCC2=C1C(c1ccc(O)cc1)n1nc(SCc3ccccc3)nc1N2. The van der Waals surface area contributed by atoms with E-state index in [2.05, 4.69) is 22.4 Å².